The van der Waals surface area contributed by atoms with Crippen molar-refractivity contribution in [3.05, 3.63) is 81.5 Å². The van der Waals surface area contributed by atoms with Crippen LogP contribution in [-0.2, 0) is 27.8 Å². The van der Waals surface area contributed by atoms with Crippen molar-refractivity contribution in [2.75, 3.05) is 11.9 Å². The number of nitrogens with one attached hydrogen (secondary N) is 2. The van der Waals surface area contributed by atoms with Gasteiger partial charge in [-0.05, 0) is 67.1 Å². The van der Waals surface area contributed by atoms with Gasteiger partial charge >= 0.3 is 0 Å². The normalized spacial score (nSPS) is 14.4. The van der Waals surface area contributed by atoms with Crippen LogP contribution in [-0.4, -0.2) is 37.7 Å². The van der Waals surface area contributed by atoms with Crippen molar-refractivity contribution in [2.45, 2.75) is 37.8 Å². The fourth-order valence-electron chi connectivity index (χ4n) is 3.79. The van der Waals surface area contributed by atoms with Gasteiger partial charge in [-0.15, -0.1) is 11.3 Å². The molecule has 2 amide bonds. The summed E-state index contributed by atoms with van der Waals surface area (Å²) in [6, 6.07) is 14.1. The molecule has 2 N–H and O–H groups in total. The minimum atomic E-state index is -3.83. The Kier molecular flexibility index (Phi) is 6.64. The average molecular weight is 484 g/mol. The first-order valence-corrected chi connectivity index (χ1v) is 12.9. The number of anilines is 1. The van der Waals surface area contributed by atoms with Gasteiger partial charge in [-0.1, -0.05) is 24.3 Å². The van der Waals surface area contributed by atoms with E-state index in [-0.39, 0.29) is 10.8 Å². The van der Waals surface area contributed by atoms with Crippen molar-refractivity contribution < 1.29 is 18.0 Å². The van der Waals surface area contributed by atoms with Crippen molar-refractivity contribution >= 4 is 38.9 Å². The zero-order valence-electron chi connectivity index (χ0n) is 18.4. The maximum atomic E-state index is 13.2. The second-order valence-corrected chi connectivity index (χ2v) is 10.7. The van der Waals surface area contributed by atoms with Crippen LogP contribution in [0.3, 0.4) is 0 Å². The van der Waals surface area contributed by atoms with Crippen LogP contribution in [0.25, 0.3) is 0 Å². The fraction of sp³-hybridized carbons (Fsp3) is 0.250. The van der Waals surface area contributed by atoms with Gasteiger partial charge in [0.15, 0.2) is 0 Å². The average Bonchev–Trinajstić information content (AvgIpc) is 3.28. The standard InChI is InChI=1S/C24H25N3O4S2/c1-16-20(24(29)27-13-11-22-18(15-27)12-14-32-22)9-6-10-21(16)25-23(28)17(2)26-33(30,31)19-7-4-3-5-8-19/h3-10,12,14,17,26H,11,13,15H2,1-2H3,(H,25,28)/t17-/m0/s1. The molecular formula is C24H25N3O4S2. The maximum absolute atomic E-state index is 13.2. The zero-order chi connectivity index (χ0) is 23.6. The van der Waals surface area contributed by atoms with Crippen LogP contribution >= 0.6 is 11.3 Å². The summed E-state index contributed by atoms with van der Waals surface area (Å²) in [4.78, 5) is 29.2. The first-order valence-electron chi connectivity index (χ1n) is 10.6. The number of thiophene rings is 1. The second-order valence-electron chi connectivity index (χ2n) is 7.97. The summed E-state index contributed by atoms with van der Waals surface area (Å²) in [7, 11) is -3.83. The minimum Gasteiger partial charge on any atom is -0.334 e. The molecule has 1 aliphatic heterocycles. The van der Waals surface area contributed by atoms with E-state index >= 15 is 0 Å². The Labute approximate surface area is 197 Å². The Balaban J connectivity index is 1.46. The molecule has 0 saturated heterocycles. The third-order valence-corrected chi connectivity index (χ3v) is 8.28. The number of carbonyl (C=O) groups is 2. The topological polar surface area (TPSA) is 95.6 Å². The van der Waals surface area contributed by atoms with Crippen LogP contribution in [0, 0.1) is 6.92 Å². The van der Waals surface area contributed by atoms with E-state index in [4.69, 9.17) is 0 Å². The van der Waals surface area contributed by atoms with E-state index < -0.39 is 22.0 Å². The van der Waals surface area contributed by atoms with Gasteiger partial charge in [-0.25, -0.2) is 8.42 Å². The van der Waals surface area contributed by atoms with Gasteiger partial charge in [0.2, 0.25) is 15.9 Å². The molecule has 0 unspecified atom stereocenters. The number of hydrogen-bond acceptors (Lipinski definition) is 5. The van der Waals surface area contributed by atoms with Crippen molar-refractivity contribution in [1.82, 2.24) is 9.62 Å². The molecule has 0 aliphatic carbocycles. The lowest BCUT2D eigenvalue weighted by Gasteiger charge is -2.28. The predicted octanol–water partition coefficient (Wildman–Crippen LogP) is 3.56. The Morgan fingerprint density at radius 1 is 1.06 bits per heavy atom. The number of hydrogen-bond donors (Lipinski definition) is 2. The van der Waals surface area contributed by atoms with Crippen molar-refractivity contribution in [1.29, 1.82) is 0 Å². The molecule has 2 aromatic carbocycles. The molecule has 1 atom stereocenters. The van der Waals surface area contributed by atoms with Crippen LogP contribution in [0.2, 0.25) is 0 Å². The van der Waals surface area contributed by atoms with E-state index in [2.05, 4.69) is 16.1 Å². The Hall–Kier alpha value is -3.01. The first kappa shape index (κ1) is 23.2. The molecule has 0 fully saturated rings. The lowest BCUT2D eigenvalue weighted by atomic mass is 10.0. The van der Waals surface area contributed by atoms with Crippen molar-refractivity contribution in [2.24, 2.45) is 0 Å². The Bertz CT molecular complexity index is 1290. The lowest BCUT2D eigenvalue weighted by Crippen LogP contribution is -2.41. The van der Waals surface area contributed by atoms with Crippen molar-refractivity contribution in [3.8, 4) is 0 Å². The maximum Gasteiger partial charge on any atom is 0.254 e. The fourth-order valence-corrected chi connectivity index (χ4v) is 5.90. The van der Waals surface area contributed by atoms with E-state index in [1.807, 2.05) is 10.3 Å². The number of sulfonamides is 1. The van der Waals surface area contributed by atoms with Crippen molar-refractivity contribution in [3.63, 3.8) is 0 Å². The molecule has 0 saturated carbocycles. The molecule has 0 bridgehead atoms. The number of nitrogens with zero attached hydrogens (tertiary/aromatic N) is 1. The smallest absolute Gasteiger partial charge is 0.254 e. The summed E-state index contributed by atoms with van der Waals surface area (Å²) in [5.41, 5.74) is 2.82. The van der Waals surface area contributed by atoms with Gasteiger partial charge in [0.25, 0.3) is 5.91 Å². The van der Waals surface area contributed by atoms with Gasteiger partial charge in [-0.3, -0.25) is 9.59 Å². The first-order chi connectivity index (χ1) is 15.8. The zero-order valence-corrected chi connectivity index (χ0v) is 20.0. The number of benzene rings is 2. The molecule has 0 spiro atoms. The van der Waals surface area contributed by atoms with Gasteiger partial charge in [-0.2, -0.15) is 4.72 Å². The van der Waals surface area contributed by atoms with Crippen LogP contribution in [0.4, 0.5) is 5.69 Å². The molecule has 172 valence electrons. The third kappa shape index (κ3) is 5.00. The quantitative estimate of drug-likeness (QED) is 0.560. The van der Waals surface area contributed by atoms with Crippen LogP contribution in [0.1, 0.15) is 33.3 Å². The summed E-state index contributed by atoms with van der Waals surface area (Å²) < 4.78 is 27.4. The molecule has 2 heterocycles. The number of amides is 2. The minimum absolute atomic E-state index is 0.0849. The SMILES string of the molecule is Cc1c(NC(=O)[C@H](C)NS(=O)(=O)c2ccccc2)cccc1C(=O)N1CCc2sccc2C1. The monoisotopic (exact) mass is 483 g/mol. The molecule has 3 aromatic rings. The Morgan fingerprint density at radius 3 is 2.58 bits per heavy atom. The number of carbonyl (C=O) groups excluding carboxylic acids is 2. The van der Waals surface area contributed by atoms with Crippen LogP contribution < -0.4 is 10.0 Å². The highest BCUT2D eigenvalue weighted by Gasteiger charge is 2.26. The second kappa shape index (κ2) is 9.46. The molecule has 4 rings (SSSR count). The Morgan fingerprint density at radius 2 is 1.82 bits per heavy atom. The predicted molar refractivity (Wildman–Crippen MR) is 129 cm³/mol. The largest absolute Gasteiger partial charge is 0.334 e. The van der Waals surface area contributed by atoms with E-state index in [0.717, 1.165) is 6.42 Å². The van der Waals surface area contributed by atoms with Gasteiger partial charge in [0.05, 0.1) is 10.9 Å². The van der Waals surface area contributed by atoms with E-state index in [1.165, 1.54) is 29.5 Å². The molecular weight excluding hydrogens is 458 g/mol. The lowest BCUT2D eigenvalue weighted by molar-refractivity contribution is -0.117. The van der Waals surface area contributed by atoms with Gasteiger partial charge in [0.1, 0.15) is 0 Å². The molecule has 9 heteroatoms. The number of rotatable bonds is 6. The summed E-state index contributed by atoms with van der Waals surface area (Å²) >= 11 is 1.72. The van der Waals surface area contributed by atoms with E-state index in [9.17, 15) is 18.0 Å². The summed E-state index contributed by atoms with van der Waals surface area (Å²) in [5, 5.41) is 4.81. The van der Waals surface area contributed by atoms with E-state index in [0.29, 0.717) is 29.9 Å². The van der Waals surface area contributed by atoms with Gasteiger partial charge < -0.3 is 10.2 Å². The van der Waals surface area contributed by atoms with Gasteiger partial charge in [0, 0.05) is 29.2 Å². The summed E-state index contributed by atoms with van der Waals surface area (Å²) in [5.74, 6) is -0.596. The molecule has 1 aliphatic rings. The molecule has 0 radical (unpaired) electrons. The van der Waals surface area contributed by atoms with Crippen LogP contribution in [0.5, 0.6) is 0 Å². The molecule has 7 nitrogen and oxygen atoms in total. The highest BCUT2D eigenvalue weighted by molar-refractivity contribution is 7.89. The molecule has 1 aromatic heterocycles. The van der Waals surface area contributed by atoms with E-state index in [1.54, 1.807) is 54.7 Å². The highest BCUT2D eigenvalue weighted by Crippen LogP contribution is 2.27. The summed E-state index contributed by atoms with van der Waals surface area (Å²) in [6.07, 6.45) is 0.841. The number of fused-ring (bicyclic) bond motifs is 1. The van der Waals surface area contributed by atoms with Crippen LogP contribution in [0.15, 0.2) is 64.9 Å². The highest BCUT2D eigenvalue weighted by atomic mass is 32.2. The molecule has 33 heavy (non-hydrogen) atoms. The summed E-state index contributed by atoms with van der Waals surface area (Å²) in [6.45, 7) is 4.49. The third-order valence-electron chi connectivity index (χ3n) is 5.70.